The molecule has 0 amide bonds. The maximum atomic E-state index is 12.2. The van der Waals surface area contributed by atoms with Gasteiger partial charge in [-0.25, -0.2) is 0 Å². The van der Waals surface area contributed by atoms with Gasteiger partial charge in [0.15, 0.2) is 0 Å². The molecule has 2 saturated heterocycles. The standard InChI is InChI=1S/C8H14F3N3O2S/c9-8(10,11)6-13-3-4-14(17(13,15)16)7-1-2-12-5-7/h7,12H,1-6H2/t7-/m0/s1. The molecule has 0 aromatic carbocycles. The molecule has 0 aromatic rings. The third kappa shape index (κ3) is 2.72. The second kappa shape index (κ2) is 4.38. The Morgan fingerprint density at radius 3 is 2.53 bits per heavy atom. The summed E-state index contributed by atoms with van der Waals surface area (Å²) in [6, 6.07) is -0.210. The quantitative estimate of drug-likeness (QED) is 0.756. The maximum absolute atomic E-state index is 12.2. The van der Waals surface area contributed by atoms with Crippen molar-refractivity contribution in [1.82, 2.24) is 13.9 Å². The molecule has 2 rings (SSSR count). The second-order valence-corrected chi connectivity index (χ2v) is 6.09. The fourth-order valence-corrected chi connectivity index (χ4v) is 3.99. The minimum Gasteiger partial charge on any atom is -0.315 e. The Kier molecular flexibility index (Phi) is 3.36. The van der Waals surface area contributed by atoms with Gasteiger partial charge in [0.2, 0.25) is 0 Å². The topological polar surface area (TPSA) is 52.7 Å². The molecular formula is C8H14F3N3O2S. The average molecular weight is 273 g/mol. The van der Waals surface area contributed by atoms with Crippen molar-refractivity contribution in [2.75, 3.05) is 32.7 Å². The number of nitrogens with zero attached hydrogens (tertiary/aromatic N) is 2. The van der Waals surface area contributed by atoms with Gasteiger partial charge in [-0.05, 0) is 13.0 Å². The van der Waals surface area contributed by atoms with E-state index in [1.807, 2.05) is 0 Å². The van der Waals surface area contributed by atoms with E-state index in [9.17, 15) is 21.6 Å². The van der Waals surface area contributed by atoms with Crippen LogP contribution in [-0.2, 0) is 10.2 Å². The molecule has 2 aliphatic rings. The summed E-state index contributed by atoms with van der Waals surface area (Å²) < 4.78 is 62.1. The van der Waals surface area contributed by atoms with Gasteiger partial charge in [0.25, 0.3) is 10.2 Å². The monoisotopic (exact) mass is 273 g/mol. The highest BCUT2D eigenvalue weighted by Crippen LogP contribution is 2.26. The summed E-state index contributed by atoms with van der Waals surface area (Å²) in [5, 5.41) is 3.00. The summed E-state index contributed by atoms with van der Waals surface area (Å²) in [6.45, 7) is -0.121. The molecule has 0 spiro atoms. The predicted octanol–water partition coefficient (Wildman–Crippen LogP) is -0.227. The van der Waals surface area contributed by atoms with Crippen molar-refractivity contribution in [3.8, 4) is 0 Å². The van der Waals surface area contributed by atoms with Crippen LogP contribution in [0.15, 0.2) is 0 Å². The molecule has 17 heavy (non-hydrogen) atoms. The van der Waals surface area contributed by atoms with Gasteiger partial charge in [-0.3, -0.25) is 0 Å². The van der Waals surface area contributed by atoms with Crippen molar-refractivity contribution in [1.29, 1.82) is 0 Å². The lowest BCUT2D eigenvalue weighted by atomic mass is 10.2. The highest BCUT2D eigenvalue weighted by Gasteiger charge is 2.45. The first kappa shape index (κ1) is 13.1. The maximum Gasteiger partial charge on any atom is 0.402 e. The van der Waals surface area contributed by atoms with E-state index in [1.165, 1.54) is 4.31 Å². The highest BCUT2D eigenvalue weighted by atomic mass is 32.2. The summed E-state index contributed by atoms with van der Waals surface area (Å²) in [4.78, 5) is 0. The number of rotatable bonds is 2. The first-order chi connectivity index (χ1) is 7.81. The third-order valence-corrected chi connectivity index (χ3v) is 5.03. The van der Waals surface area contributed by atoms with Crippen LogP contribution in [0.4, 0.5) is 13.2 Å². The fourth-order valence-electron chi connectivity index (χ4n) is 2.21. The van der Waals surface area contributed by atoms with Crippen LogP contribution < -0.4 is 5.32 Å². The molecule has 0 radical (unpaired) electrons. The molecule has 5 nitrogen and oxygen atoms in total. The zero-order chi connectivity index (χ0) is 12.7. The van der Waals surface area contributed by atoms with Gasteiger partial charge in [-0.2, -0.15) is 30.2 Å². The van der Waals surface area contributed by atoms with Crippen molar-refractivity contribution >= 4 is 10.2 Å². The molecule has 2 aliphatic heterocycles. The number of alkyl halides is 3. The number of hydrogen-bond acceptors (Lipinski definition) is 3. The van der Waals surface area contributed by atoms with E-state index >= 15 is 0 Å². The summed E-state index contributed by atoms with van der Waals surface area (Å²) >= 11 is 0. The number of nitrogens with one attached hydrogen (secondary N) is 1. The number of hydrogen-bond donors (Lipinski definition) is 1. The Labute approximate surface area is 97.7 Å². The Balaban J connectivity index is 2.09. The summed E-state index contributed by atoms with van der Waals surface area (Å²) in [5.74, 6) is 0. The van der Waals surface area contributed by atoms with E-state index in [0.29, 0.717) is 23.8 Å². The molecule has 0 unspecified atom stereocenters. The molecule has 0 aliphatic carbocycles. The lowest BCUT2D eigenvalue weighted by Gasteiger charge is -2.23. The van der Waals surface area contributed by atoms with Crippen molar-refractivity contribution in [3.05, 3.63) is 0 Å². The van der Waals surface area contributed by atoms with Crippen LogP contribution in [0.3, 0.4) is 0 Å². The molecule has 9 heteroatoms. The highest BCUT2D eigenvalue weighted by molar-refractivity contribution is 7.87. The van der Waals surface area contributed by atoms with Crippen LogP contribution in [0, 0.1) is 0 Å². The molecular weight excluding hydrogens is 259 g/mol. The van der Waals surface area contributed by atoms with Crippen LogP contribution in [0.2, 0.25) is 0 Å². The lowest BCUT2D eigenvalue weighted by molar-refractivity contribution is -0.135. The van der Waals surface area contributed by atoms with Crippen LogP contribution in [-0.4, -0.2) is 62.0 Å². The smallest absolute Gasteiger partial charge is 0.315 e. The van der Waals surface area contributed by atoms with E-state index < -0.39 is 22.9 Å². The fraction of sp³-hybridized carbons (Fsp3) is 1.00. The van der Waals surface area contributed by atoms with E-state index in [2.05, 4.69) is 5.32 Å². The molecule has 100 valence electrons. The van der Waals surface area contributed by atoms with Crippen molar-refractivity contribution in [2.45, 2.75) is 18.6 Å². The molecule has 0 saturated carbocycles. The zero-order valence-corrected chi connectivity index (χ0v) is 9.89. The van der Waals surface area contributed by atoms with Crippen LogP contribution in [0.25, 0.3) is 0 Å². The van der Waals surface area contributed by atoms with Gasteiger partial charge < -0.3 is 5.32 Å². The normalized spacial score (nSPS) is 31.1. The molecule has 1 N–H and O–H groups in total. The third-order valence-electron chi connectivity index (χ3n) is 2.99. The van der Waals surface area contributed by atoms with E-state index in [4.69, 9.17) is 0 Å². The van der Waals surface area contributed by atoms with E-state index in [0.717, 1.165) is 0 Å². The first-order valence-corrected chi connectivity index (χ1v) is 6.75. The average Bonchev–Trinajstić information content (AvgIpc) is 2.74. The van der Waals surface area contributed by atoms with Crippen LogP contribution in [0.5, 0.6) is 0 Å². The lowest BCUT2D eigenvalue weighted by Crippen LogP contribution is -2.43. The summed E-state index contributed by atoms with van der Waals surface area (Å²) in [7, 11) is -3.94. The Morgan fingerprint density at radius 1 is 1.29 bits per heavy atom. The van der Waals surface area contributed by atoms with Gasteiger partial charge in [-0.15, -0.1) is 0 Å². The molecule has 1 atom stereocenters. The van der Waals surface area contributed by atoms with Gasteiger partial charge in [-0.1, -0.05) is 0 Å². The first-order valence-electron chi connectivity index (χ1n) is 5.35. The minimum atomic E-state index is -4.49. The second-order valence-electron chi connectivity index (χ2n) is 4.21. The van der Waals surface area contributed by atoms with E-state index in [1.54, 1.807) is 0 Å². The van der Waals surface area contributed by atoms with Crippen LogP contribution in [0.1, 0.15) is 6.42 Å². The van der Waals surface area contributed by atoms with Gasteiger partial charge >= 0.3 is 6.18 Å². The van der Waals surface area contributed by atoms with Crippen LogP contribution >= 0.6 is 0 Å². The Bertz CT molecular complexity index is 378. The Morgan fingerprint density at radius 2 is 2.00 bits per heavy atom. The Hall–Kier alpha value is -0.380. The van der Waals surface area contributed by atoms with Crippen molar-refractivity contribution in [2.24, 2.45) is 0 Å². The molecule has 0 aromatic heterocycles. The van der Waals surface area contributed by atoms with Gasteiger partial charge in [0.1, 0.15) is 6.54 Å². The largest absolute Gasteiger partial charge is 0.402 e. The molecule has 2 heterocycles. The SMILES string of the molecule is O=S1(=O)N(CC(F)(F)F)CCN1[C@H]1CCNC1. The van der Waals surface area contributed by atoms with Crippen molar-refractivity contribution in [3.63, 3.8) is 0 Å². The molecule has 0 bridgehead atoms. The van der Waals surface area contributed by atoms with E-state index in [-0.39, 0.29) is 19.1 Å². The summed E-state index contributed by atoms with van der Waals surface area (Å²) in [5.41, 5.74) is 0. The summed E-state index contributed by atoms with van der Waals surface area (Å²) in [6.07, 6.45) is -3.84. The van der Waals surface area contributed by atoms with Gasteiger partial charge in [0.05, 0.1) is 0 Å². The van der Waals surface area contributed by atoms with Gasteiger partial charge in [0, 0.05) is 25.7 Å². The zero-order valence-electron chi connectivity index (χ0n) is 9.07. The molecule has 2 fully saturated rings. The van der Waals surface area contributed by atoms with Crippen molar-refractivity contribution < 1.29 is 21.6 Å². The number of halogens is 3. The minimum absolute atomic E-state index is 0.0850. The predicted molar refractivity (Wildman–Crippen MR) is 54.5 cm³/mol.